The lowest BCUT2D eigenvalue weighted by Gasteiger charge is -2.53. The molecule has 2 heterocycles. The van der Waals surface area contributed by atoms with Crippen LogP contribution in [-0.2, 0) is 4.79 Å². The lowest BCUT2D eigenvalue weighted by atomic mass is 9.51. The maximum absolute atomic E-state index is 13.0. The fourth-order valence-electron chi connectivity index (χ4n) is 6.43. The number of nitrogens with zero attached hydrogens (tertiary/aromatic N) is 1. The molecule has 0 unspecified atom stereocenters. The number of carbonyl (C=O) groups is 2. The summed E-state index contributed by atoms with van der Waals surface area (Å²) in [6, 6.07) is 3.66. The quantitative estimate of drug-likeness (QED) is 0.905. The van der Waals surface area contributed by atoms with E-state index in [0.29, 0.717) is 36.6 Å². The van der Waals surface area contributed by atoms with Crippen molar-refractivity contribution in [3.8, 4) is 0 Å². The van der Waals surface area contributed by atoms with Crippen molar-refractivity contribution in [1.82, 2.24) is 10.2 Å². The summed E-state index contributed by atoms with van der Waals surface area (Å²) >= 11 is 0. The monoisotopic (exact) mass is 356 g/mol. The van der Waals surface area contributed by atoms with Gasteiger partial charge in [-0.3, -0.25) is 9.59 Å². The van der Waals surface area contributed by atoms with Crippen molar-refractivity contribution in [3.05, 3.63) is 24.2 Å². The molecule has 140 valence electrons. The van der Waals surface area contributed by atoms with Crippen molar-refractivity contribution in [1.29, 1.82) is 0 Å². The van der Waals surface area contributed by atoms with E-state index in [1.165, 1.54) is 38.4 Å². The van der Waals surface area contributed by atoms with Crippen molar-refractivity contribution in [2.24, 2.45) is 29.6 Å². The Hall–Kier alpha value is -1.78. The maximum atomic E-state index is 13.0. The zero-order valence-electron chi connectivity index (χ0n) is 15.2. The average molecular weight is 356 g/mol. The Kier molecular flexibility index (Phi) is 4.06. The van der Waals surface area contributed by atoms with Crippen LogP contribution in [0.5, 0.6) is 0 Å². The van der Waals surface area contributed by atoms with Gasteiger partial charge in [0, 0.05) is 25.0 Å². The predicted octanol–water partition coefficient (Wildman–Crippen LogP) is 3.07. The summed E-state index contributed by atoms with van der Waals surface area (Å²) in [5, 5.41) is 3.34. The zero-order chi connectivity index (χ0) is 17.7. The van der Waals surface area contributed by atoms with Gasteiger partial charge in [-0.05, 0) is 80.8 Å². The van der Waals surface area contributed by atoms with Gasteiger partial charge in [-0.2, -0.15) is 0 Å². The van der Waals surface area contributed by atoms with E-state index < -0.39 is 0 Å². The molecule has 1 aliphatic heterocycles. The lowest BCUT2D eigenvalue weighted by molar-refractivity contribution is -0.139. The number of likely N-dealkylation sites (tertiary alicyclic amines) is 1. The summed E-state index contributed by atoms with van der Waals surface area (Å²) < 4.78 is 5.21. The second-order valence-electron chi connectivity index (χ2n) is 9.01. The molecule has 0 radical (unpaired) electrons. The molecule has 5 aliphatic rings. The Morgan fingerprint density at radius 3 is 2.23 bits per heavy atom. The van der Waals surface area contributed by atoms with E-state index in [2.05, 4.69) is 5.32 Å². The number of hydrogen-bond acceptors (Lipinski definition) is 3. The molecule has 1 N–H and O–H groups in total. The van der Waals surface area contributed by atoms with Crippen LogP contribution in [0, 0.1) is 29.6 Å². The van der Waals surface area contributed by atoms with Gasteiger partial charge in [0.15, 0.2) is 5.76 Å². The molecule has 6 rings (SSSR count). The maximum Gasteiger partial charge on any atom is 0.289 e. The molecule has 4 bridgehead atoms. The smallest absolute Gasteiger partial charge is 0.289 e. The second-order valence-corrected chi connectivity index (χ2v) is 9.01. The van der Waals surface area contributed by atoms with Crippen LogP contribution in [0.3, 0.4) is 0 Å². The average Bonchev–Trinajstić information content (AvgIpc) is 3.15. The summed E-state index contributed by atoms with van der Waals surface area (Å²) in [6.07, 6.45) is 9.75. The fourth-order valence-corrected chi connectivity index (χ4v) is 6.43. The first-order valence-electron chi connectivity index (χ1n) is 10.3. The Bertz CT molecular complexity index is 647. The van der Waals surface area contributed by atoms with Gasteiger partial charge in [-0.1, -0.05) is 0 Å². The van der Waals surface area contributed by atoms with Crippen molar-refractivity contribution < 1.29 is 14.0 Å². The first kappa shape index (κ1) is 16.4. The predicted molar refractivity (Wildman–Crippen MR) is 96.3 cm³/mol. The topological polar surface area (TPSA) is 62.6 Å². The van der Waals surface area contributed by atoms with Crippen molar-refractivity contribution >= 4 is 11.8 Å². The number of rotatable bonds is 3. The van der Waals surface area contributed by atoms with E-state index >= 15 is 0 Å². The third kappa shape index (κ3) is 2.85. The summed E-state index contributed by atoms with van der Waals surface area (Å²) in [4.78, 5) is 27.2. The Morgan fingerprint density at radius 1 is 1.00 bits per heavy atom. The number of piperidine rings is 1. The van der Waals surface area contributed by atoms with Gasteiger partial charge in [-0.15, -0.1) is 0 Å². The highest BCUT2D eigenvalue weighted by Gasteiger charge is 2.50. The van der Waals surface area contributed by atoms with Crippen LogP contribution in [0.2, 0.25) is 0 Å². The van der Waals surface area contributed by atoms with Crippen LogP contribution in [-0.4, -0.2) is 35.8 Å². The zero-order valence-corrected chi connectivity index (χ0v) is 15.2. The molecule has 1 saturated heterocycles. The minimum atomic E-state index is -0.0409. The number of amides is 2. The second kappa shape index (κ2) is 6.43. The van der Waals surface area contributed by atoms with Gasteiger partial charge in [0.2, 0.25) is 5.91 Å². The Morgan fingerprint density at radius 2 is 1.65 bits per heavy atom. The highest BCUT2D eigenvalue weighted by molar-refractivity contribution is 5.91. The number of nitrogens with one attached hydrogen (secondary N) is 1. The molecule has 0 aromatic carbocycles. The molecule has 26 heavy (non-hydrogen) atoms. The van der Waals surface area contributed by atoms with Gasteiger partial charge in [0.1, 0.15) is 0 Å². The molecule has 4 saturated carbocycles. The fraction of sp³-hybridized carbons (Fsp3) is 0.714. The summed E-state index contributed by atoms with van der Waals surface area (Å²) in [5.41, 5.74) is 0. The number of hydrogen-bond donors (Lipinski definition) is 1. The molecule has 0 atom stereocenters. The highest BCUT2D eigenvalue weighted by atomic mass is 16.3. The molecular weight excluding hydrogens is 328 g/mol. The minimum absolute atomic E-state index is 0.0409. The van der Waals surface area contributed by atoms with Gasteiger partial charge in [0.25, 0.3) is 5.91 Å². The molecule has 0 spiro atoms. The van der Waals surface area contributed by atoms with E-state index in [0.717, 1.165) is 24.7 Å². The van der Waals surface area contributed by atoms with Crippen LogP contribution >= 0.6 is 0 Å². The first-order chi connectivity index (χ1) is 12.7. The van der Waals surface area contributed by atoms with E-state index in [-0.39, 0.29) is 17.9 Å². The van der Waals surface area contributed by atoms with Crippen molar-refractivity contribution in [2.75, 3.05) is 13.1 Å². The molecule has 5 heteroatoms. The Labute approximate surface area is 154 Å². The normalized spacial score (nSPS) is 36.3. The van der Waals surface area contributed by atoms with Gasteiger partial charge < -0.3 is 14.6 Å². The van der Waals surface area contributed by atoms with Crippen molar-refractivity contribution in [3.63, 3.8) is 0 Å². The molecule has 4 aliphatic carbocycles. The van der Waals surface area contributed by atoms with Crippen LogP contribution in [0.1, 0.15) is 55.5 Å². The van der Waals surface area contributed by atoms with Crippen LogP contribution < -0.4 is 5.32 Å². The van der Waals surface area contributed by atoms with Gasteiger partial charge >= 0.3 is 0 Å². The highest BCUT2D eigenvalue weighted by Crippen LogP contribution is 2.56. The summed E-state index contributed by atoms with van der Waals surface area (Å²) in [7, 11) is 0. The minimum Gasteiger partial charge on any atom is -0.459 e. The SMILES string of the molecule is O=C(NC1CCN(C(=O)c2ccco2)CC1)C1C2CC3CC(C2)CC1C3. The van der Waals surface area contributed by atoms with E-state index in [1.54, 1.807) is 12.1 Å². The molecular formula is C21H28N2O3. The van der Waals surface area contributed by atoms with Gasteiger partial charge in [-0.25, -0.2) is 0 Å². The summed E-state index contributed by atoms with van der Waals surface area (Å²) in [5.74, 6) is 3.98. The molecule has 5 fully saturated rings. The Balaban J connectivity index is 1.16. The van der Waals surface area contributed by atoms with Crippen LogP contribution in [0.15, 0.2) is 22.8 Å². The first-order valence-corrected chi connectivity index (χ1v) is 10.3. The number of furan rings is 1. The molecule has 2 amide bonds. The van der Waals surface area contributed by atoms with E-state index in [9.17, 15) is 9.59 Å². The summed E-state index contributed by atoms with van der Waals surface area (Å²) in [6.45, 7) is 1.37. The van der Waals surface area contributed by atoms with Gasteiger partial charge in [0.05, 0.1) is 6.26 Å². The standard InChI is InChI=1S/C21H28N2O3/c24-20(19-15-9-13-8-14(11-15)12-16(19)10-13)22-17-3-5-23(6-4-17)21(25)18-2-1-7-26-18/h1-2,7,13-17,19H,3-6,8-12H2,(H,22,24). The molecule has 1 aromatic heterocycles. The van der Waals surface area contributed by atoms with E-state index in [1.807, 2.05) is 4.90 Å². The third-order valence-corrected chi connectivity index (χ3v) is 7.39. The van der Waals surface area contributed by atoms with Crippen LogP contribution in [0.4, 0.5) is 0 Å². The third-order valence-electron chi connectivity index (χ3n) is 7.39. The number of carbonyl (C=O) groups excluding carboxylic acids is 2. The lowest BCUT2D eigenvalue weighted by Crippen LogP contribution is -2.54. The van der Waals surface area contributed by atoms with Crippen molar-refractivity contribution in [2.45, 2.75) is 51.0 Å². The van der Waals surface area contributed by atoms with Crippen LogP contribution in [0.25, 0.3) is 0 Å². The largest absolute Gasteiger partial charge is 0.459 e. The molecule has 5 nitrogen and oxygen atoms in total. The van der Waals surface area contributed by atoms with E-state index in [4.69, 9.17) is 4.42 Å². The molecule has 1 aromatic rings.